The largest absolute Gasteiger partial charge is 0.439 e. The molecule has 27 heavy (non-hydrogen) atoms. The minimum Gasteiger partial charge on any atom is -0.439 e. The van der Waals surface area contributed by atoms with Crippen molar-refractivity contribution in [3.8, 4) is 11.1 Å². The van der Waals surface area contributed by atoms with Gasteiger partial charge in [0.05, 0.1) is 32.4 Å². The number of halogens is 3. The second-order valence-corrected chi connectivity index (χ2v) is 5.95. The van der Waals surface area contributed by atoms with Gasteiger partial charge in [-0.05, 0) is 18.5 Å². The monoisotopic (exact) mass is 384 g/mol. The number of carbonyl (C=O) groups is 1. The van der Waals surface area contributed by atoms with Gasteiger partial charge in [-0.2, -0.15) is 23.4 Å². The van der Waals surface area contributed by atoms with Crippen molar-refractivity contribution in [3.05, 3.63) is 41.7 Å². The van der Waals surface area contributed by atoms with Crippen molar-refractivity contribution in [2.45, 2.75) is 25.2 Å². The topological polar surface area (TPSA) is 77.7 Å². The van der Waals surface area contributed by atoms with E-state index < -0.39 is 36.5 Å². The van der Waals surface area contributed by atoms with E-state index in [0.717, 1.165) is 6.07 Å². The summed E-state index contributed by atoms with van der Waals surface area (Å²) in [7, 11) is 0. The van der Waals surface area contributed by atoms with Crippen molar-refractivity contribution in [3.63, 3.8) is 0 Å². The number of hydrogen-bond acceptors (Lipinski definition) is 5. The van der Waals surface area contributed by atoms with E-state index in [4.69, 9.17) is 10.2 Å². The Morgan fingerprint density at radius 3 is 2.85 bits per heavy atom. The van der Waals surface area contributed by atoms with Gasteiger partial charge in [0, 0.05) is 21.4 Å². The van der Waals surface area contributed by atoms with Crippen molar-refractivity contribution in [2.75, 3.05) is 13.2 Å². The van der Waals surface area contributed by atoms with Crippen LogP contribution in [-0.2, 0) is 15.7 Å². The van der Waals surface area contributed by atoms with Crippen LogP contribution in [0.25, 0.3) is 11.1 Å². The standard InChI is InChI=1S/C17H15F3N4O3/c1-9-15(22-23-16(25)27-9)10-2-3-13(14(4-10)17(18,19)20)11-5-21-24(6-11)12-7-26-8-12/h2-6,9,12H,7-8H2,1H3,(H,23,25)/t9-/m0/s1/i1D3,9D. The minimum atomic E-state index is -4.81. The first-order valence-corrected chi connectivity index (χ1v) is 7.81. The number of rotatable bonds is 3. The summed E-state index contributed by atoms with van der Waals surface area (Å²) >= 11 is 0. The van der Waals surface area contributed by atoms with Crippen LogP contribution in [0.15, 0.2) is 35.7 Å². The number of alkyl halides is 3. The second-order valence-electron chi connectivity index (χ2n) is 5.95. The summed E-state index contributed by atoms with van der Waals surface area (Å²) in [5, 5.41) is 7.61. The first kappa shape index (κ1) is 13.3. The molecule has 0 aliphatic carbocycles. The van der Waals surface area contributed by atoms with Gasteiger partial charge in [0.1, 0.15) is 11.8 Å². The van der Waals surface area contributed by atoms with Crippen LogP contribution in [0.1, 0.15) is 29.5 Å². The quantitative estimate of drug-likeness (QED) is 0.883. The number of aromatic nitrogens is 2. The van der Waals surface area contributed by atoms with Gasteiger partial charge in [0.15, 0.2) is 0 Å². The van der Waals surface area contributed by atoms with Gasteiger partial charge in [-0.15, -0.1) is 0 Å². The number of carbonyl (C=O) groups excluding carboxylic acids is 1. The minimum absolute atomic E-state index is 0.0528. The van der Waals surface area contributed by atoms with Crippen LogP contribution in [0.3, 0.4) is 0 Å². The fraction of sp³-hybridized carbons (Fsp3) is 0.353. The molecule has 1 N–H and O–H groups in total. The molecule has 1 fully saturated rings. The normalized spacial score (nSPS) is 25.9. The molecule has 10 heteroatoms. The number of nitrogens with one attached hydrogen (secondary N) is 1. The molecule has 2 aliphatic rings. The molecule has 0 saturated carbocycles. The molecule has 2 aromatic rings. The van der Waals surface area contributed by atoms with Gasteiger partial charge < -0.3 is 9.47 Å². The van der Waals surface area contributed by atoms with Crippen molar-refractivity contribution in [2.24, 2.45) is 5.10 Å². The molecule has 1 aromatic heterocycles. The van der Waals surface area contributed by atoms with Gasteiger partial charge in [-0.3, -0.25) is 4.68 Å². The number of hydrogen-bond donors (Lipinski definition) is 1. The smallest absolute Gasteiger partial charge is 0.428 e. The van der Waals surface area contributed by atoms with Crippen LogP contribution in [0, 0.1) is 0 Å². The van der Waals surface area contributed by atoms with Crippen molar-refractivity contribution in [1.29, 1.82) is 0 Å². The number of ether oxygens (including phenoxy) is 2. The molecule has 0 spiro atoms. The lowest BCUT2D eigenvalue weighted by atomic mass is 9.96. The summed E-state index contributed by atoms with van der Waals surface area (Å²) in [6, 6.07) is 2.94. The van der Waals surface area contributed by atoms with Crippen LogP contribution in [0.2, 0.25) is 0 Å². The maximum atomic E-state index is 13.9. The summed E-state index contributed by atoms with van der Waals surface area (Å²) < 4.78 is 83.5. The third-order valence-corrected chi connectivity index (χ3v) is 4.17. The zero-order valence-electron chi connectivity index (χ0n) is 17.6. The van der Waals surface area contributed by atoms with Crippen LogP contribution in [-0.4, -0.2) is 40.9 Å². The molecule has 4 rings (SSSR count). The third kappa shape index (κ3) is 3.27. The fourth-order valence-electron chi connectivity index (χ4n) is 2.74. The molecule has 1 atom stereocenters. The Hall–Kier alpha value is -2.88. The van der Waals surface area contributed by atoms with Gasteiger partial charge in [-0.1, -0.05) is 12.1 Å². The second kappa shape index (κ2) is 6.38. The van der Waals surface area contributed by atoms with E-state index in [1.807, 2.05) is 5.43 Å². The molecule has 142 valence electrons. The predicted molar refractivity (Wildman–Crippen MR) is 88.1 cm³/mol. The molecule has 0 bridgehead atoms. The maximum absolute atomic E-state index is 13.9. The zero-order valence-corrected chi connectivity index (χ0v) is 13.6. The predicted octanol–water partition coefficient (Wildman–Crippen LogP) is 2.97. The molecule has 0 unspecified atom stereocenters. The molecule has 1 aromatic carbocycles. The molecule has 1 saturated heterocycles. The number of amides is 1. The summed E-state index contributed by atoms with van der Waals surface area (Å²) in [5.41, 5.74) is -0.230. The lowest BCUT2D eigenvalue weighted by molar-refractivity contribution is -0.137. The number of cyclic esters (lactones) is 1. The zero-order chi connectivity index (χ0) is 22.6. The van der Waals surface area contributed by atoms with E-state index in [1.165, 1.54) is 23.1 Å². The van der Waals surface area contributed by atoms with Crippen molar-refractivity contribution in [1.82, 2.24) is 15.2 Å². The fourth-order valence-corrected chi connectivity index (χ4v) is 2.74. The van der Waals surface area contributed by atoms with Crippen LogP contribution < -0.4 is 5.43 Å². The van der Waals surface area contributed by atoms with Gasteiger partial charge in [0.2, 0.25) is 0 Å². The molecular formula is C17H15F3N4O3. The third-order valence-electron chi connectivity index (χ3n) is 4.17. The summed E-state index contributed by atoms with van der Waals surface area (Å²) in [5.74, 6) is 0. The van der Waals surface area contributed by atoms with E-state index in [1.54, 1.807) is 0 Å². The Bertz CT molecular complexity index is 1070. The maximum Gasteiger partial charge on any atom is 0.428 e. The molecular weight excluding hydrogens is 365 g/mol. The van der Waals surface area contributed by atoms with E-state index in [9.17, 15) is 18.0 Å². The highest BCUT2D eigenvalue weighted by Gasteiger charge is 2.35. The first-order chi connectivity index (χ1) is 14.4. The Balaban J connectivity index is 1.80. The number of hydrazone groups is 1. The highest BCUT2D eigenvalue weighted by molar-refractivity contribution is 6.06. The summed E-state index contributed by atoms with van der Waals surface area (Å²) in [6.07, 6.45) is -6.32. The molecule has 7 nitrogen and oxygen atoms in total. The number of nitrogens with zero attached hydrogens (tertiary/aromatic N) is 3. The Kier molecular flexibility index (Phi) is 3.14. The lowest BCUT2D eigenvalue weighted by Gasteiger charge is -2.26. The number of benzene rings is 1. The van der Waals surface area contributed by atoms with E-state index in [0.29, 0.717) is 19.3 Å². The molecule has 2 aliphatic heterocycles. The van der Waals surface area contributed by atoms with Crippen molar-refractivity contribution < 1.29 is 32.9 Å². The van der Waals surface area contributed by atoms with Gasteiger partial charge in [0.25, 0.3) is 0 Å². The molecule has 1 amide bonds. The van der Waals surface area contributed by atoms with Crippen LogP contribution >= 0.6 is 0 Å². The highest BCUT2D eigenvalue weighted by atomic mass is 19.4. The first-order valence-electron chi connectivity index (χ1n) is 9.81. The van der Waals surface area contributed by atoms with Crippen molar-refractivity contribution >= 4 is 11.8 Å². The molecule has 0 radical (unpaired) electrons. The summed E-state index contributed by atoms with van der Waals surface area (Å²) in [6.45, 7) is -2.37. The van der Waals surface area contributed by atoms with Gasteiger partial charge >= 0.3 is 12.3 Å². The Labute approximate surface area is 157 Å². The van der Waals surface area contributed by atoms with E-state index in [-0.39, 0.29) is 22.7 Å². The van der Waals surface area contributed by atoms with Crippen LogP contribution in [0.4, 0.5) is 18.0 Å². The molecule has 3 heterocycles. The van der Waals surface area contributed by atoms with E-state index in [2.05, 4.69) is 14.9 Å². The average Bonchev–Trinajstić information content (AvgIpc) is 3.07. The average molecular weight is 384 g/mol. The van der Waals surface area contributed by atoms with Gasteiger partial charge in [-0.25, -0.2) is 10.2 Å². The highest BCUT2D eigenvalue weighted by Crippen LogP contribution is 2.38. The Morgan fingerprint density at radius 2 is 2.19 bits per heavy atom. The summed E-state index contributed by atoms with van der Waals surface area (Å²) in [4.78, 5) is 11.4. The Morgan fingerprint density at radius 1 is 1.37 bits per heavy atom. The van der Waals surface area contributed by atoms with Crippen LogP contribution in [0.5, 0.6) is 0 Å². The van der Waals surface area contributed by atoms with E-state index >= 15 is 0 Å². The lowest BCUT2D eigenvalue weighted by Crippen LogP contribution is -2.37. The SMILES string of the molecule is [2H]C([2H])([2H])[C@]1([2H])OC(=O)NN=C1c1ccc(-c2cnn(C3COC3)c2)c(C(F)(F)F)c1.